The molecule has 3 rings (SSSR count). The van der Waals surface area contributed by atoms with Crippen LogP contribution < -0.4 is 5.32 Å². The molecular formula is C16H13F3N4OS2. The van der Waals surface area contributed by atoms with E-state index in [4.69, 9.17) is 0 Å². The van der Waals surface area contributed by atoms with Crippen LogP contribution in [0, 0.1) is 0 Å². The summed E-state index contributed by atoms with van der Waals surface area (Å²) in [4.78, 5) is 17.5. The zero-order chi connectivity index (χ0) is 18.7. The fraction of sp³-hybridized carbons (Fsp3) is 0.188. The quantitative estimate of drug-likeness (QED) is 0.613. The van der Waals surface area contributed by atoms with Gasteiger partial charge >= 0.3 is 6.18 Å². The number of aromatic amines is 1. The van der Waals surface area contributed by atoms with E-state index in [0.29, 0.717) is 11.0 Å². The molecular weight excluding hydrogens is 385 g/mol. The molecule has 0 aliphatic carbocycles. The van der Waals surface area contributed by atoms with Crippen molar-refractivity contribution < 1.29 is 18.0 Å². The van der Waals surface area contributed by atoms with Crippen LogP contribution in [0.15, 0.2) is 46.9 Å². The van der Waals surface area contributed by atoms with Crippen molar-refractivity contribution in [1.29, 1.82) is 0 Å². The third-order valence-electron chi connectivity index (χ3n) is 3.33. The Morgan fingerprint density at radius 3 is 2.81 bits per heavy atom. The lowest BCUT2D eigenvalue weighted by molar-refractivity contribution is -0.137. The number of thioether (sulfide) groups is 1. The molecule has 0 aliphatic heterocycles. The highest BCUT2D eigenvalue weighted by atomic mass is 32.2. The summed E-state index contributed by atoms with van der Waals surface area (Å²) in [6, 6.07) is 8.29. The van der Waals surface area contributed by atoms with Gasteiger partial charge in [0, 0.05) is 5.69 Å². The molecule has 0 spiro atoms. The third-order valence-corrected chi connectivity index (χ3v) is 5.17. The van der Waals surface area contributed by atoms with Crippen LogP contribution in [0.25, 0.3) is 10.7 Å². The summed E-state index contributed by atoms with van der Waals surface area (Å²) in [7, 11) is 0. The van der Waals surface area contributed by atoms with Crippen LogP contribution in [-0.4, -0.2) is 26.3 Å². The van der Waals surface area contributed by atoms with Crippen LogP contribution in [-0.2, 0) is 11.0 Å². The van der Waals surface area contributed by atoms with Crippen molar-refractivity contribution in [2.24, 2.45) is 0 Å². The Morgan fingerprint density at radius 2 is 2.12 bits per heavy atom. The summed E-state index contributed by atoms with van der Waals surface area (Å²) in [5, 5.41) is 11.1. The van der Waals surface area contributed by atoms with E-state index >= 15 is 0 Å². The number of benzene rings is 1. The number of amides is 1. The zero-order valence-electron chi connectivity index (χ0n) is 13.4. The Balaban J connectivity index is 1.63. The number of nitrogens with one attached hydrogen (secondary N) is 2. The molecule has 2 N–H and O–H groups in total. The molecule has 26 heavy (non-hydrogen) atoms. The van der Waals surface area contributed by atoms with Gasteiger partial charge < -0.3 is 5.32 Å². The van der Waals surface area contributed by atoms with Gasteiger partial charge in [0.25, 0.3) is 0 Å². The average Bonchev–Trinajstić information content (AvgIpc) is 3.25. The fourth-order valence-corrected chi connectivity index (χ4v) is 3.44. The van der Waals surface area contributed by atoms with Crippen molar-refractivity contribution in [2.75, 3.05) is 5.32 Å². The molecule has 0 saturated heterocycles. The number of halogens is 3. The van der Waals surface area contributed by atoms with Crippen LogP contribution in [0.3, 0.4) is 0 Å². The molecule has 0 aliphatic rings. The van der Waals surface area contributed by atoms with E-state index in [-0.39, 0.29) is 5.69 Å². The largest absolute Gasteiger partial charge is 0.416 e. The molecule has 0 saturated carbocycles. The molecule has 0 fully saturated rings. The summed E-state index contributed by atoms with van der Waals surface area (Å²) < 4.78 is 38.2. The average molecular weight is 398 g/mol. The minimum atomic E-state index is -4.46. The molecule has 0 radical (unpaired) electrons. The lowest BCUT2D eigenvalue weighted by Crippen LogP contribution is -2.22. The van der Waals surface area contributed by atoms with Crippen LogP contribution in [0.1, 0.15) is 12.5 Å². The van der Waals surface area contributed by atoms with Gasteiger partial charge in [0.1, 0.15) is 0 Å². The van der Waals surface area contributed by atoms with Gasteiger partial charge in [-0.05, 0) is 36.6 Å². The van der Waals surface area contributed by atoms with E-state index in [1.165, 1.54) is 23.5 Å². The highest BCUT2D eigenvalue weighted by Crippen LogP contribution is 2.31. The SMILES string of the molecule is CC(Sc1n[nH]c(-c2cccs2)n1)C(=O)Nc1cccc(C(F)(F)F)c1. The zero-order valence-corrected chi connectivity index (χ0v) is 15.0. The third kappa shape index (κ3) is 4.44. The maximum Gasteiger partial charge on any atom is 0.416 e. The normalized spacial score (nSPS) is 12.8. The number of nitrogens with zero attached hydrogens (tertiary/aromatic N) is 2. The van der Waals surface area contributed by atoms with E-state index in [1.807, 2.05) is 17.5 Å². The number of anilines is 1. The van der Waals surface area contributed by atoms with E-state index in [2.05, 4.69) is 20.5 Å². The van der Waals surface area contributed by atoms with Gasteiger partial charge in [-0.25, -0.2) is 4.98 Å². The van der Waals surface area contributed by atoms with E-state index in [0.717, 1.165) is 28.8 Å². The summed E-state index contributed by atoms with van der Waals surface area (Å²) in [5.41, 5.74) is -0.725. The second-order valence-electron chi connectivity index (χ2n) is 5.27. The molecule has 1 aromatic carbocycles. The van der Waals surface area contributed by atoms with Crippen LogP contribution >= 0.6 is 23.1 Å². The van der Waals surface area contributed by atoms with Crippen molar-refractivity contribution >= 4 is 34.7 Å². The summed E-state index contributed by atoms with van der Waals surface area (Å²) >= 11 is 2.62. The molecule has 1 amide bonds. The molecule has 0 bridgehead atoms. The van der Waals surface area contributed by atoms with Gasteiger partial charge in [-0.3, -0.25) is 9.89 Å². The number of carbonyl (C=O) groups excluding carboxylic acids is 1. The van der Waals surface area contributed by atoms with Crippen LogP contribution in [0.5, 0.6) is 0 Å². The van der Waals surface area contributed by atoms with Gasteiger partial charge in [0.2, 0.25) is 11.1 Å². The maximum absolute atomic E-state index is 12.7. The van der Waals surface area contributed by atoms with Gasteiger partial charge in [-0.1, -0.05) is 23.9 Å². The van der Waals surface area contributed by atoms with E-state index in [1.54, 1.807) is 6.92 Å². The monoisotopic (exact) mass is 398 g/mol. The Labute approximate surface area is 155 Å². The van der Waals surface area contributed by atoms with E-state index in [9.17, 15) is 18.0 Å². The van der Waals surface area contributed by atoms with Gasteiger partial charge in [-0.2, -0.15) is 13.2 Å². The van der Waals surface area contributed by atoms with Crippen LogP contribution in [0.4, 0.5) is 18.9 Å². The number of carbonyl (C=O) groups is 1. The second-order valence-corrected chi connectivity index (χ2v) is 7.53. The summed E-state index contributed by atoms with van der Waals surface area (Å²) in [6.07, 6.45) is -4.46. The summed E-state index contributed by atoms with van der Waals surface area (Å²) in [6.45, 7) is 1.63. The number of hydrogen-bond acceptors (Lipinski definition) is 5. The maximum atomic E-state index is 12.7. The fourth-order valence-electron chi connectivity index (χ4n) is 2.05. The Bertz CT molecular complexity index is 893. The first-order chi connectivity index (χ1) is 12.3. The number of H-pyrrole nitrogens is 1. The molecule has 5 nitrogen and oxygen atoms in total. The second kappa shape index (κ2) is 7.50. The standard InChI is InChI=1S/C16H13F3N4OS2/c1-9(26-15-21-13(22-23-15)12-6-3-7-25-12)14(24)20-11-5-2-4-10(8-11)16(17,18)19/h2-9H,1H3,(H,20,24)(H,21,22,23). The Kier molecular flexibility index (Phi) is 5.33. The smallest absolute Gasteiger partial charge is 0.325 e. The number of thiophene rings is 1. The van der Waals surface area contributed by atoms with E-state index < -0.39 is 22.9 Å². The lowest BCUT2D eigenvalue weighted by atomic mass is 10.2. The molecule has 2 heterocycles. The van der Waals surface area contributed by atoms with Crippen molar-refractivity contribution in [1.82, 2.24) is 15.2 Å². The number of aromatic nitrogens is 3. The lowest BCUT2D eigenvalue weighted by Gasteiger charge is -2.12. The molecule has 10 heteroatoms. The first-order valence-corrected chi connectivity index (χ1v) is 9.20. The molecule has 1 atom stereocenters. The minimum absolute atomic E-state index is 0.0894. The van der Waals surface area contributed by atoms with Gasteiger partial charge in [0.05, 0.1) is 15.7 Å². The van der Waals surface area contributed by atoms with Gasteiger partial charge in [0.15, 0.2) is 5.82 Å². The minimum Gasteiger partial charge on any atom is -0.325 e. The number of rotatable bonds is 5. The Morgan fingerprint density at radius 1 is 1.31 bits per heavy atom. The summed E-state index contributed by atoms with van der Waals surface area (Å²) in [5.74, 6) is 0.171. The van der Waals surface area contributed by atoms with Crippen molar-refractivity contribution in [3.63, 3.8) is 0 Å². The molecule has 3 aromatic rings. The Hall–Kier alpha value is -2.33. The molecule has 2 aromatic heterocycles. The predicted octanol–water partition coefficient (Wildman–Crippen LogP) is 4.67. The number of alkyl halides is 3. The topological polar surface area (TPSA) is 70.7 Å². The molecule has 1 unspecified atom stereocenters. The van der Waals surface area contributed by atoms with Gasteiger partial charge in [-0.15, -0.1) is 16.4 Å². The highest BCUT2D eigenvalue weighted by molar-refractivity contribution is 8.00. The van der Waals surface area contributed by atoms with Crippen molar-refractivity contribution in [3.05, 3.63) is 47.3 Å². The highest BCUT2D eigenvalue weighted by Gasteiger charge is 2.30. The first kappa shape index (κ1) is 18.5. The predicted molar refractivity (Wildman–Crippen MR) is 95.1 cm³/mol. The molecule has 136 valence electrons. The van der Waals surface area contributed by atoms with Crippen LogP contribution in [0.2, 0.25) is 0 Å². The van der Waals surface area contributed by atoms with Crippen molar-refractivity contribution in [3.8, 4) is 10.7 Å². The number of hydrogen-bond donors (Lipinski definition) is 2. The van der Waals surface area contributed by atoms with Crippen molar-refractivity contribution in [2.45, 2.75) is 23.5 Å². The first-order valence-electron chi connectivity index (χ1n) is 7.44.